The van der Waals surface area contributed by atoms with Gasteiger partial charge in [0.15, 0.2) is 17.5 Å². The number of aliphatic imine (C=N–C) groups is 1. The van der Waals surface area contributed by atoms with Gasteiger partial charge in [-0.05, 0) is 36.6 Å². The highest BCUT2D eigenvalue weighted by molar-refractivity contribution is 14.0. The molecule has 2 aromatic rings. The number of nitrogens with zero attached hydrogens (tertiary/aromatic N) is 3. The number of rotatable bonds is 7. The Kier molecular flexibility index (Phi) is 8.99. The number of fused-ring (bicyclic) bond motifs is 1. The van der Waals surface area contributed by atoms with Crippen LogP contribution >= 0.6 is 35.6 Å². The molecule has 2 heterocycles. The van der Waals surface area contributed by atoms with Gasteiger partial charge >= 0.3 is 0 Å². The molecular weight excluding hydrogens is 481 g/mol. The summed E-state index contributed by atoms with van der Waals surface area (Å²) >= 11 is 6.27. The molecule has 0 radical (unpaired) electrons. The molecule has 0 atom stereocenters. The van der Waals surface area contributed by atoms with E-state index in [9.17, 15) is 0 Å². The number of benzene rings is 1. The third kappa shape index (κ3) is 6.46. The van der Waals surface area contributed by atoms with Gasteiger partial charge < -0.3 is 20.1 Å². The number of nitrogens with one attached hydrogen (secondary N) is 2. The van der Waals surface area contributed by atoms with Gasteiger partial charge in [-0.3, -0.25) is 9.67 Å². The zero-order valence-corrected chi connectivity index (χ0v) is 18.4. The van der Waals surface area contributed by atoms with Gasteiger partial charge in [0, 0.05) is 39.1 Å². The third-order valence-electron chi connectivity index (χ3n) is 4.00. The first-order valence-electron chi connectivity index (χ1n) is 8.76. The summed E-state index contributed by atoms with van der Waals surface area (Å²) in [5, 5.41) is 11.4. The molecule has 0 amide bonds. The Morgan fingerprint density at radius 1 is 1.26 bits per heavy atom. The number of halogens is 2. The molecule has 7 nitrogen and oxygen atoms in total. The monoisotopic (exact) mass is 505 g/mol. The second-order valence-corrected chi connectivity index (χ2v) is 6.31. The van der Waals surface area contributed by atoms with E-state index in [1.54, 1.807) is 13.2 Å². The SMILES string of the molecule is CN=C(NCCCn1cccn1)NCCc1cc(Cl)c2c(c1)OCCO2.I. The first kappa shape index (κ1) is 21.6. The van der Waals surface area contributed by atoms with Crippen LogP contribution in [0.4, 0.5) is 0 Å². The van der Waals surface area contributed by atoms with Crippen molar-refractivity contribution in [2.24, 2.45) is 4.99 Å². The summed E-state index contributed by atoms with van der Waals surface area (Å²) in [6.45, 7) is 3.55. The first-order valence-corrected chi connectivity index (χ1v) is 9.14. The van der Waals surface area contributed by atoms with Gasteiger partial charge in [-0.15, -0.1) is 24.0 Å². The molecule has 1 aliphatic heterocycles. The maximum Gasteiger partial charge on any atom is 0.190 e. The second kappa shape index (κ2) is 11.2. The fourth-order valence-corrected chi connectivity index (χ4v) is 3.02. The zero-order chi connectivity index (χ0) is 18.2. The Morgan fingerprint density at radius 3 is 2.85 bits per heavy atom. The molecule has 0 saturated heterocycles. The highest BCUT2D eigenvalue weighted by Crippen LogP contribution is 2.38. The van der Waals surface area contributed by atoms with Crippen LogP contribution < -0.4 is 20.1 Å². The predicted octanol–water partition coefficient (Wildman–Crippen LogP) is 2.72. The molecule has 27 heavy (non-hydrogen) atoms. The standard InChI is InChI=1S/C18H24ClN5O2.HI/c1-20-18(21-5-2-8-24-9-3-6-23-24)22-7-4-14-12-15(19)17-16(13-14)25-10-11-26-17;/h3,6,9,12-13H,2,4-5,7-8,10-11H2,1H3,(H2,20,21,22);1H. The largest absolute Gasteiger partial charge is 0.486 e. The summed E-state index contributed by atoms with van der Waals surface area (Å²) in [6.07, 6.45) is 5.54. The number of aryl methyl sites for hydroxylation is 1. The minimum absolute atomic E-state index is 0. The first-order chi connectivity index (χ1) is 12.8. The van der Waals surface area contributed by atoms with Gasteiger partial charge in [0.1, 0.15) is 13.2 Å². The maximum absolute atomic E-state index is 6.27. The Labute approximate surface area is 181 Å². The normalized spacial score (nSPS) is 13.0. The van der Waals surface area contributed by atoms with Gasteiger partial charge in [-0.25, -0.2) is 0 Å². The van der Waals surface area contributed by atoms with Crippen molar-refractivity contribution in [1.82, 2.24) is 20.4 Å². The summed E-state index contributed by atoms with van der Waals surface area (Å²) in [5.74, 6) is 2.15. The van der Waals surface area contributed by atoms with Gasteiger partial charge in [0.25, 0.3) is 0 Å². The van der Waals surface area contributed by atoms with Crippen LogP contribution in [0.15, 0.2) is 35.6 Å². The zero-order valence-electron chi connectivity index (χ0n) is 15.3. The smallest absolute Gasteiger partial charge is 0.190 e. The molecule has 2 N–H and O–H groups in total. The quantitative estimate of drug-likeness (QED) is 0.262. The minimum atomic E-state index is 0. The molecule has 1 aromatic carbocycles. The van der Waals surface area contributed by atoms with Crippen molar-refractivity contribution in [2.45, 2.75) is 19.4 Å². The molecule has 0 saturated carbocycles. The number of ether oxygens (including phenoxy) is 2. The van der Waals surface area contributed by atoms with Crippen LogP contribution in [-0.2, 0) is 13.0 Å². The van der Waals surface area contributed by atoms with E-state index in [1.165, 1.54) is 0 Å². The summed E-state index contributed by atoms with van der Waals surface area (Å²) in [6, 6.07) is 5.84. The fraction of sp³-hybridized carbons (Fsp3) is 0.444. The van der Waals surface area contributed by atoms with Crippen LogP contribution in [0, 0.1) is 0 Å². The topological polar surface area (TPSA) is 72.7 Å². The Bertz CT molecular complexity index is 740. The van der Waals surface area contributed by atoms with E-state index in [2.05, 4.69) is 20.7 Å². The van der Waals surface area contributed by atoms with E-state index in [0.29, 0.717) is 24.0 Å². The molecular formula is C18H25ClIN5O2. The second-order valence-electron chi connectivity index (χ2n) is 5.90. The fourth-order valence-electron chi connectivity index (χ4n) is 2.74. The van der Waals surface area contributed by atoms with Crippen LogP contribution in [0.5, 0.6) is 11.5 Å². The number of guanidine groups is 1. The van der Waals surface area contributed by atoms with Crippen molar-refractivity contribution in [1.29, 1.82) is 0 Å². The van der Waals surface area contributed by atoms with E-state index in [0.717, 1.165) is 49.7 Å². The molecule has 1 aromatic heterocycles. The van der Waals surface area contributed by atoms with E-state index in [-0.39, 0.29) is 24.0 Å². The average Bonchev–Trinajstić information content (AvgIpc) is 3.17. The van der Waals surface area contributed by atoms with Crippen molar-refractivity contribution in [3.05, 3.63) is 41.2 Å². The van der Waals surface area contributed by atoms with Crippen LogP contribution in [0.3, 0.4) is 0 Å². The van der Waals surface area contributed by atoms with Crippen molar-refractivity contribution in [3.8, 4) is 11.5 Å². The van der Waals surface area contributed by atoms with Gasteiger partial charge in [-0.1, -0.05) is 11.6 Å². The lowest BCUT2D eigenvalue weighted by Gasteiger charge is -2.20. The van der Waals surface area contributed by atoms with Crippen LogP contribution in [-0.4, -0.2) is 49.1 Å². The molecule has 9 heteroatoms. The Morgan fingerprint density at radius 2 is 2.07 bits per heavy atom. The lowest BCUT2D eigenvalue weighted by Crippen LogP contribution is -2.39. The van der Waals surface area contributed by atoms with Gasteiger partial charge in [0.05, 0.1) is 5.02 Å². The average molecular weight is 506 g/mol. The lowest BCUT2D eigenvalue weighted by atomic mass is 10.1. The maximum atomic E-state index is 6.27. The van der Waals surface area contributed by atoms with Crippen LogP contribution in [0.2, 0.25) is 5.02 Å². The highest BCUT2D eigenvalue weighted by atomic mass is 127. The van der Waals surface area contributed by atoms with Crippen molar-refractivity contribution in [3.63, 3.8) is 0 Å². The van der Waals surface area contributed by atoms with E-state index < -0.39 is 0 Å². The number of aromatic nitrogens is 2. The molecule has 0 unspecified atom stereocenters. The predicted molar refractivity (Wildman–Crippen MR) is 118 cm³/mol. The molecule has 0 aliphatic carbocycles. The van der Waals surface area contributed by atoms with Gasteiger partial charge in [0.2, 0.25) is 0 Å². The molecule has 0 fully saturated rings. The number of hydrogen-bond donors (Lipinski definition) is 2. The summed E-state index contributed by atoms with van der Waals surface area (Å²) in [5.41, 5.74) is 1.10. The van der Waals surface area contributed by atoms with Crippen LogP contribution in [0.25, 0.3) is 0 Å². The van der Waals surface area contributed by atoms with Crippen molar-refractivity contribution in [2.75, 3.05) is 33.4 Å². The van der Waals surface area contributed by atoms with Crippen molar-refractivity contribution < 1.29 is 9.47 Å². The lowest BCUT2D eigenvalue weighted by molar-refractivity contribution is 0.171. The summed E-state index contributed by atoms with van der Waals surface area (Å²) < 4.78 is 13.1. The molecule has 148 valence electrons. The van der Waals surface area contributed by atoms with E-state index in [1.807, 2.05) is 29.1 Å². The Hall–Kier alpha value is -1.68. The third-order valence-corrected chi connectivity index (χ3v) is 4.28. The van der Waals surface area contributed by atoms with E-state index in [4.69, 9.17) is 21.1 Å². The summed E-state index contributed by atoms with van der Waals surface area (Å²) in [7, 11) is 1.77. The van der Waals surface area contributed by atoms with Crippen molar-refractivity contribution >= 4 is 41.5 Å². The van der Waals surface area contributed by atoms with E-state index >= 15 is 0 Å². The molecule has 0 spiro atoms. The molecule has 0 bridgehead atoms. The van der Waals surface area contributed by atoms with Gasteiger partial charge in [-0.2, -0.15) is 5.10 Å². The Balaban J connectivity index is 0.00000261. The van der Waals surface area contributed by atoms with Crippen LogP contribution in [0.1, 0.15) is 12.0 Å². The highest BCUT2D eigenvalue weighted by Gasteiger charge is 2.16. The summed E-state index contributed by atoms with van der Waals surface area (Å²) in [4.78, 5) is 4.24. The number of hydrogen-bond acceptors (Lipinski definition) is 4. The molecule has 3 rings (SSSR count). The molecule has 1 aliphatic rings. The minimum Gasteiger partial charge on any atom is -0.486 e.